The fraction of sp³-hybridized carbons (Fsp3) is 0.611. The van der Waals surface area contributed by atoms with Crippen molar-refractivity contribution >= 4 is 6.09 Å². The molecule has 1 fully saturated rings. The van der Waals surface area contributed by atoms with Gasteiger partial charge in [-0.05, 0) is 77.6 Å². The molecule has 1 aromatic rings. The molecule has 1 heterocycles. The zero-order valence-corrected chi connectivity index (χ0v) is 14.9. The quantitative estimate of drug-likeness (QED) is 0.903. The Kier molecular flexibility index (Phi) is 4.74. The number of benzene rings is 1. The topological polar surface area (TPSA) is 61.5 Å². The molecule has 5 nitrogen and oxygen atoms in total. The number of nitrogens with one attached hydrogen (secondary N) is 1. The van der Waals surface area contributed by atoms with Gasteiger partial charge in [-0.3, -0.25) is 0 Å². The van der Waals surface area contributed by atoms with Gasteiger partial charge in [0.25, 0.3) is 0 Å². The molecule has 23 heavy (non-hydrogen) atoms. The minimum absolute atomic E-state index is 0.0794. The van der Waals surface area contributed by atoms with E-state index in [0.717, 1.165) is 16.2 Å². The number of piperidine rings is 1. The van der Waals surface area contributed by atoms with Crippen LogP contribution in [0, 0.1) is 13.8 Å². The standard InChI is InChI=1S/C18H27N2O3/c1-12-7-8-15(9-13(12)2)23-16(21)19-14-10-17(3,4)20(22)18(5,6)11-14/h7-9,14H,10-11H2,1-6H3,(H,19,21). The first-order valence-corrected chi connectivity index (χ1v) is 8.04. The van der Waals surface area contributed by atoms with E-state index in [9.17, 15) is 10.0 Å². The maximum atomic E-state index is 12.3. The first-order chi connectivity index (χ1) is 10.5. The summed E-state index contributed by atoms with van der Waals surface area (Å²) in [6, 6.07) is 5.49. The second-order valence-electron chi connectivity index (χ2n) is 7.80. The molecule has 1 amide bonds. The van der Waals surface area contributed by atoms with Gasteiger partial charge >= 0.3 is 6.09 Å². The number of hydroxylamine groups is 2. The van der Waals surface area contributed by atoms with E-state index in [0.29, 0.717) is 18.6 Å². The molecule has 127 valence electrons. The summed E-state index contributed by atoms with van der Waals surface area (Å²) < 4.78 is 5.37. The van der Waals surface area contributed by atoms with Gasteiger partial charge in [-0.2, -0.15) is 0 Å². The number of aryl methyl sites for hydroxylation is 2. The van der Waals surface area contributed by atoms with Crippen LogP contribution < -0.4 is 10.1 Å². The zero-order valence-electron chi connectivity index (χ0n) is 14.9. The second kappa shape index (κ2) is 6.13. The van der Waals surface area contributed by atoms with Crippen LogP contribution in [0.25, 0.3) is 0 Å². The van der Waals surface area contributed by atoms with Crippen molar-refractivity contribution in [3.63, 3.8) is 0 Å². The molecule has 0 atom stereocenters. The van der Waals surface area contributed by atoms with E-state index in [-0.39, 0.29) is 6.04 Å². The number of carbonyl (C=O) groups is 1. The predicted octanol–water partition coefficient (Wildman–Crippen LogP) is 3.76. The molecule has 2 rings (SSSR count). The molecule has 1 N–H and O–H groups in total. The summed E-state index contributed by atoms with van der Waals surface area (Å²) in [5.41, 5.74) is 1.21. The number of rotatable bonds is 2. The number of hydrogen-bond acceptors (Lipinski definition) is 3. The van der Waals surface area contributed by atoms with Crippen molar-refractivity contribution in [2.75, 3.05) is 0 Å². The first kappa shape index (κ1) is 17.8. The van der Waals surface area contributed by atoms with Gasteiger partial charge in [-0.25, -0.2) is 4.79 Å². The van der Waals surface area contributed by atoms with Gasteiger partial charge in [-0.15, -0.1) is 10.3 Å². The Hall–Kier alpha value is -1.59. The van der Waals surface area contributed by atoms with Gasteiger partial charge in [0.05, 0.1) is 0 Å². The lowest BCUT2D eigenvalue weighted by molar-refractivity contribution is -0.289. The van der Waals surface area contributed by atoms with E-state index in [2.05, 4.69) is 5.32 Å². The van der Waals surface area contributed by atoms with Crippen LogP contribution in [0.15, 0.2) is 18.2 Å². The highest BCUT2D eigenvalue weighted by Crippen LogP contribution is 2.37. The number of nitrogens with zero attached hydrogens (tertiary/aromatic N) is 1. The van der Waals surface area contributed by atoms with Gasteiger partial charge in [0.15, 0.2) is 0 Å². The fourth-order valence-corrected chi connectivity index (χ4v) is 3.45. The maximum Gasteiger partial charge on any atom is 0.412 e. The van der Waals surface area contributed by atoms with Crippen LogP contribution >= 0.6 is 0 Å². The minimum Gasteiger partial charge on any atom is -0.410 e. The van der Waals surface area contributed by atoms with Crippen molar-refractivity contribution in [2.45, 2.75) is 71.5 Å². The Balaban J connectivity index is 2.01. The molecule has 1 aliphatic heterocycles. The third-order valence-electron chi connectivity index (χ3n) is 4.60. The van der Waals surface area contributed by atoms with E-state index < -0.39 is 17.2 Å². The first-order valence-electron chi connectivity index (χ1n) is 8.04. The molecule has 1 saturated heterocycles. The smallest absolute Gasteiger partial charge is 0.410 e. The molecule has 1 radical (unpaired) electrons. The Labute approximate surface area is 138 Å². The SMILES string of the molecule is Cc1ccc(OC(=O)NC2CC(C)(C)N([O])C(C)(C)C2)cc1C. The van der Waals surface area contributed by atoms with Gasteiger partial charge in [0.1, 0.15) is 5.75 Å². The van der Waals surface area contributed by atoms with Gasteiger partial charge < -0.3 is 10.1 Å². The van der Waals surface area contributed by atoms with Crippen molar-refractivity contribution < 1.29 is 14.7 Å². The maximum absolute atomic E-state index is 12.3. The third kappa shape index (κ3) is 4.03. The Morgan fingerprint density at radius 2 is 1.70 bits per heavy atom. The molecule has 0 bridgehead atoms. The van der Waals surface area contributed by atoms with Crippen LogP contribution in [0.4, 0.5) is 4.79 Å². The van der Waals surface area contributed by atoms with Crippen LogP contribution in [0.1, 0.15) is 51.7 Å². The lowest BCUT2D eigenvalue weighted by Gasteiger charge is -2.49. The highest BCUT2D eigenvalue weighted by molar-refractivity contribution is 5.70. The summed E-state index contributed by atoms with van der Waals surface area (Å²) in [7, 11) is 0. The van der Waals surface area contributed by atoms with Crippen LogP contribution in [0.3, 0.4) is 0 Å². The molecule has 0 unspecified atom stereocenters. The van der Waals surface area contributed by atoms with E-state index >= 15 is 0 Å². The van der Waals surface area contributed by atoms with Crippen molar-refractivity contribution in [1.82, 2.24) is 10.4 Å². The summed E-state index contributed by atoms with van der Waals surface area (Å²) in [6.45, 7) is 11.6. The van der Waals surface area contributed by atoms with Crippen LogP contribution in [0.5, 0.6) is 5.75 Å². The second-order valence-corrected chi connectivity index (χ2v) is 7.80. The van der Waals surface area contributed by atoms with E-state index in [1.807, 2.05) is 53.7 Å². The average Bonchev–Trinajstić information content (AvgIpc) is 2.39. The predicted molar refractivity (Wildman–Crippen MR) is 88.8 cm³/mol. The summed E-state index contributed by atoms with van der Waals surface area (Å²) in [6.07, 6.45) is 0.730. The fourth-order valence-electron chi connectivity index (χ4n) is 3.45. The molecule has 1 aliphatic rings. The summed E-state index contributed by atoms with van der Waals surface area (Å²) in [5, 5.41) is 16.4. The largest absolute Gasteiger partial charge is 0.412 e. The Morgan fingerprint density at radius 1 is 1.13 bits per heavy atom. The number of carbonyl (C=O) groups excluding carboxylic acids is 1. The monoisotopic (exact) mass is 319 g/mol. The molecule has 0 aliphatic carbocycles. The van der Waals surface area contributed by atoms with Gasteiger partial charge in [-0.1, -0.05) is 6.07 Å². The van der Waals surface area contributed by atoms with Crippen molar-refractivity contribution in [2.24, 2.45) is 0 Å². The number of ether oxygens (including phenoxy) is 1. The lowest BCUT2D eigenvalue weighted by Crippen LogP contribution is -2.62. The third-order valence-corrected chi connectivity index (χ3v) is 4.60. The van der Waals surface area contributed by atoms with E-state index in [4.69, 9.17) is 4.74 Å². The number of amides is 1. The zero-order chi connectivity index (χ0) is 17.4. The highest BCUT2D eigenvalue weighted by atomic mass is 16.6. The normalized spacial score (nSPS) is 21.0. The Morgan fingerprint density at radius 3 is 2.22 bits per heavy atom. The molecule has 0 spiro atoms. The van der Waals surface area contributed by atoms with Crippen molar-refractivity contribution in [3.05, 3.63) is 29.3 Å². The van der Waals surface area contributed by atoms with Crippen molar-refractivity contribution in [1.29, 1.82) is 0 Å². The van der Waals surface area contributed by atoms with Crippen molar-refractivity contribution in [3.8, 4) is 5.75 Å². The molecule has 0 aromatic heterocycles. The lowest BCUT2D eigenvalue weighted by atomic mass is 9.79. The van der Waals surface area contributed by atoms with Crippen LogP contribution in [-0.4, -0.2) is 28.3 Å². The average molecular weight is 319 g/mol. The van der Waals surface area contributed by atoms with E-state index in [1.54, 1.807) is 6.07 Å². The summed E-state index contributed by atoms with van der Waals surface area (Å²) in [4.78, 5) is 12.2. The number of hydrogen-bond donors (Lipinski definition) is 1. The van der Waals surface area contributed by atoms with E-state index in [1.165, 1.54) is 0 Å². The Bertz CT molecular complexity index is 578. The van der Waals surface area contributed by atoms with Crippen LogP contribution in [-0.2, 0) is 5.21 Å². The van der Waals surface area contributed by atoms with Crippen LogP contribution in [0.2, 0.25) is 0 Å². The summed E-state index contributed by atoms with van der Waals surface area (Å²) >= 11 is 0. The minimum atomic E-state index is -0.514. The molecular formula is C18H27N2O3. The van der Waals surface area contributed by atoms with Gasteiger partial charge in [0.2, 0.25) is 0 Å². The van der Waals surface area contributed by atoms with Gasteiger partial charge in [0, 0.05) is 17.1 Å². The highest BCUT2D eigenvalue weighted by Gasteiger charge is 2.46. The molecular weight excluding hydrogens is 292 g/mol. The summed E-state index contributed by atoms with van der Waals surface area (Å²) in [5.74, 6) is 0.533. The molecule has 5 heteroatoms. The molecule has 1 aromatic carbocycles. The molecule has 0 saturated carbocycles.